The molecule has 0 atom stereocenters. The predicted octanol–water partition coefficient (Wildman–Crippen LogP) is 2.77. The van der Waals surface area contributed by atoms with E-state index in [4.69, 9.17) is 6.57 Å². The molecule has 0 saturated heterocycles. The molecule has 0 saturated carbocycles. The monoisotopic (exact) mass is 159 g/mol. The average Bonchev–Trinajstić information content (AvgIpc) is 2.07. The van der Waals surface area contributed by atoms with Crippen LogP contribution in [0.15, 0.2) is 18.2 Å². The largest absolute Gasteiger partial charge is 0.317 e. The van der Waals surface area contributed by atoms with Gasteiger partial charge in [0.15, 0.2) is 0 Å². The van der Waals surface area contributed by atoms with E-state index in [0.29, 0.717) is 6.54 Å². The van der Waals surface area contributed by atoms with E-state index in [1.807, 2.05) is 0 Å². The van der Waals surface area contributed by atoms with E-state index in [1.54, 1.807) is 0 Å². The van der Waals surface area contributed by atoms with E-state index in [1.165, 1.54) is 16.7 Å². The fourth-order valence-corrected chi connectivity index (χ4v) is 1.25. The molecule has 1 nitrogen and oxygen atoms in total. The Kier molecular flexibility index (Phi) is 2.88. The number of benzene rings is 1. The maximum Gasteiger partial charge on any atom is 0.218 e. The topological polar surface area (TPSA) is 4.36 Å². The van der Waals surface area contributed by atoms with Crippen LogP contribution in [0.25, 0.3) is 4.85 Å². The standard InChI is InChI=1S/C11H13N/c1-9-4-5-10(2)11(8-9)6-7-12-3/h4-5,8H,6-7H2,1-2H3. The molecule has 1 aromatic carbocycles. The molecule has 0 spiro atoms. The van der Waals surface area contributed by atoms with Crippen LogP contribution >= 0.6 is 0 Å². The van der Waals surface area contributed by atoms with Crippen LogP contribution in [-0.4, -0.2) is 6.54 Å². The lowest BCUT2D eigenvalue weighted by molar-refractivity contribution is 1.05. The van der Waals surface area contributed by atoms with E-state index in [2.05, 4.69) is 36.9 Å². The van der Waals surface area contributed by atoms with Crippen LogP contribution in [0.4, 0.5) is 0 Å². The number of hydrogen-bond donors (Lipinski definition) is 0. The summed E-state index contributed by atoms with van der Waals surface area (Å²) in [6, 6.07) is 6.39. The Labute approximate surface area is 73.9 Å². The molecule has 0 aliphatic carbocycles. The number of hydrogen-bond acceptors (Lipinski definition) is 0. The van der Waals surface area contributed by atoms with Crippen LogP contribution in [-0.2, 0) is 6.42 Å². The lowest BCUT2D eigenvalue weighted by atomic mass is 10.0. The third kappa shape index (κ3) is 2.10. The maximum absolute atomic E-state index is 6.70. The van der Waals surface area contributed by atoms with Gasteiger partial charge in [-0.3, -0.25) is 0 Å². The Hall–Kier alpha value is -1.29. The average molecular weight is 159 g/mol. The van der Waals surface area contributed by atoms with Crippen molar-refractivity contribution in [3.05, 3.63) is 46.3 Å². The van der Waals surface area contributed by atoms with Gasteiger partial charge in [0, 0.05) is 6.42 Å². The van der Waals surface area contributed by atoms with Crippen molar-refractivity contribution >= 4 is 0 Å². The summed E-state index contributed by atoms with van der Waals surface area (Å²) >= 11 is 0. The van der Waals surface area contributed by atoms with Gasteiger partial charge >= 0.3 is 0 Å². The normalized spacial score (nSPS) is 9.42. The first kappa shape index (κ1) is 8.80. The summed E-state index contributed by atoms with van der Waals surface area (Å²) in [6.07, 6.45) is 0.886. The summed E-state index contributed by atoms with van der Waals surface area (Å²) in [5.74, 6) is 0. The first-order valence-corrected chi connectivity index (χ1v) is 4.13. The Morgan fingerprint density at radius 3 is 2.75 bits per heavy atom. The smallest absolute Gasteiger partial charge is 0.218 e. The van der Waals surface area contributed by atoms with Gasteiger partial charge in [0.05, 0.1) is 0 Å². The van der Waals surface area contributed by atoms with Crippen LogP contribution in [0.2, 0.25) is 0 Å². The van der Waals surface area contributed by atoms with Crippen LogP contribution in [0.5, 0.6) is 0 Å². The van der Waals surface area contributed by atoms with Gasteiger partial charge in [-0.2, -0.15) is 0 Å². The molecule has 0 fully saturated rings. The number of aryl methyl sites for hydroxylation is 2. The summed E-state index contributed by atoms with van der Waals surface area (Å²) in [5.41, 5.74) is 3.89. The van der Waals surface area contributed by atoms with Crippen LogP contribution in [0.1, 0.15) is 16.7 Å². The molecule has 0 bridgehead atoms. The second kappa shape index (κ2) is 3.92. The molecular formula is C11H13N. The molecule has 1 aromatic rings. The van der Waals surface area contributed by atoms with Crippen molar-refractivity contribution in [1.82, 2.24) is 0 Å². The minimum absolute atomic E-state index is 0.601. The summed E-state index contributed by atoms with van der Waals surface area (Å²) < 4.78 is 0. The van der Waals surface area contributed by atoms with Gasteiger partial charge in [-0.1, -0.05) is 23.8 Å². The minimum atomic E-state index is 0.601. The maximum atomic E-state index is 6.70. The van der Waals surface area contributed by atoms with Gasteiger partial charge in [0.2, 0.25) is 6.54 Å². The molecule has 1 rings (SSSR count). The van der Waals surface area contributed by atoms with Crippen molar-refractivity contribution < 1.29 is 0 Å². The second-order valence-corrected chi connectivity index (χ2v) is 3.06. The zero-order chi connectivity index (χ0) is 8.97. The summed E-state index contributed by atoms with van der Waals surface area (Å²) in [4.78, 5) is 3.35. The van der Waals surface area contributed by atoms with E-state index in [-0.39, 0.29) is 0 Å². The molecule has 0 heterocycles. The molecule has 0 aromatic heterocycles. The molecule has 0 amide bonds. The van der Waals surface area contributed by atoms with Crippen molar-refractivity contribution in [2.24, 2.45) is 0 Å². The highest BCUT2D eigenvalue weighted by molar-refractivity contribution is 5.30. The van der Waals surface area contributed by atoms with Gasteiger partial charge in [-0.15, -0.1) is 0 Å². The highest BCUT2D eigenvalue weighted by Crippen LogP contribution is 2.11. The van der Waals surface area contributed by atoms with Crippen molar-refractivity contribution in [2.45, 2.75) is 20.3 Å². The molecule has 0 aliphatic rings. The van der Waals surface area contributed by atoms with E-state index >= 15 is 0 Å². The van der Waals surface area contributed by atoms with Crippen molar-refractivity contribution in [1.29, 1.82) is 0 Å². The molecule has 0 aliphatic heterocycles. The first-order chi connectivity index (χ1) is 5.74. The Morgan fingerprint density at radius 1 is 1.33 bits per heavy atom. The Balaban J connectivity index is 2.84. The summed E-state index contributed by atoms with van der Waals surface area (Å²) in [7, 11) is 0. The molecule has 0 N–H and O–H groups in total. The minimum Gasteiger partial charge on any atom is -0.317 e. The zero-order valence-corrected chi connectivity index (χ0v) is 7.59. The zero-order valence-electron chi connectivity index (χ0n) is 7.59. The molecule has 62 valence electrons. The van der Waals surface area contributed by atoms with Gasteiger partial charge in [-0.25, -0.2) is 6.57 Å². The number of rotatable bonds is 2. The van der Waals surface area contributed by atoms with E-state index < -0.39 is 0 Å². The fourth-order valence-electron chi connectivity index (χ4n) is 1.25. The van der Waals surface area contributed by atoms with Gasteiger partial charge in [0.1, 0.15) is 0 Å². The van der Waals surface area contributed by atoms with E-state index in [0.717, 1.165) is 6.42 Å². The van der Waals surface area contributed by atoms with Crippen LogP contribution < -0.4 is 0 Å². The van der Waals surface area contributed by atoms with Crippen molar-refractivity contribution in [3.8, 4) is 0 Å². The van der Waals surface area contributed by atoms with Gasteiger partial charge in [-0.05, 0) is 25.0 Å². The highest BCUT2D eigenvalue weighted by atomic mass is 14.6. The quantitative estimate of drug-likeness (QED) is 0.584. The van der Waals surface area contributed by atoms with Crippen molar-refractivity contribution in [3.63, 3.8) is 0 Å². The Bertz CT molecular complexity index is 307. The molecule has 0 radical (unpaired) electrons. The van der Waals surface area contributed by atoms with Gasteiger partial charge in [0.25, 0.3) is 0 Å². The van der Waals surface area contributed by atoms with Crippen LogP contribution in [0, 0.1) is 20.4 Å². The SMILES string of the molecule is [C-]#[N+]CCc1cc(C)ccc1C. The van der Waals surface area contributed by atoms with E-state index in [9.17, 15) is 0 Å². The lowest BCUT2D eigenvalue weighted by Gasteiger charge is -2.02. The van der Waals surface area contributed by atoms with Gasteiger partial charge < -0.3 is 4.85 Å². The third-order valence-corrected chi connectivity index (χ3v) is 2.00. The number of nitrogens with zero attached hydrogens (tertiary/aromatic N) is 1. The molecule has 1 heteroatoms. The molecular weight excluding hydrogens is 146 g/mol. The summed E-state index contributed by atoms with van der Waals surface area (Å²) in [6.45, 7) is 11.5. The fraction of sp³-hybridized carbons (Fsp3) is 0.364. The highest BCUT2D eigenvalue weighted by Gasteiger charge is 1.99. The van der Waals surface area contributed by atoms with Crippen molar-refractivity contribution in [2.75, 3.05) is 6.54 Å². The molecule has 0 unspecified atom stereocenters. The Morgan fingerprint density at radius 2 is 2.08 bits per heavy atom. The molecule has 12 heavy (non-hydrogen) atoms. The second-order valence-electron chi connectivity index (χ2n) is 3.06. The first-order valence-electron chi connectivity index (χ1n) is 4.13. The third-order valence-electron chi connectivity index (χ3n) is 2.00. The predicted molar refractivity (Wildman–Crippen MR) is 51.1 cm³/mol. The summed E-state index contributed by atoms with van der Waals surface area (Å²) in [5, 5.41) is 0. The van der Waals surface area contributed by atoms with Crippen LogP contribution in [0.3, 0.4) is 0 Å². The lowest BCUT2D eigenvalue weighted by Crippen LogP contribution is -1.92.